The molecule has 4 aromatic carbocycles. The van der Waals surface area contributed by atoms with Crippen LogP contribution in [0.25, 0.3) is 21.9 Å². The third-order valence-electron chi connectivity index (χ3n) is 6.41. The topological polar surface area (TPSA) is 58.6 Å². The number of methoxy groups -OCH3 is 1. The Kier molecular flexibility index (Phi) is 9.24. The number of aliphatic carboxylic acids is 1. The Balaban J connectivity index is 0.00000380. The molecule has 0 saturated heterocycles. The first kappa shape index (κ1) is 28.1. The summed E-state index contributed by atoms with van der Waals surface area (Å²) >= 11 is 0. The number of nitrogens with one attached hydrogen (secondary N) is 1. The second kappa shape index (κ2) is 12.2. The molecule has 0 aromatic heterocycles. The molecule has 0 spiro atoms. The Morgan fingerprint density at radius 3 is 2.30 bits per heavy atom. The van der Waals surface area contributed by atoms with Gasteiger partial charge in [0.2, 0.25) is 0 Å². The van der Waals surface area contributed by atoms with Gasteiger partial charge in [-0.15, -0.1) is 12.4 Å². The lowest BCUT2D eigenvalue weighted by atomic mass is 9.92. The van der Waals surface area contributed by atoms with E-state index in [2.05, 4.69) is 11.4 Å². The van der Waals surface area contributed by atoms with Crippen LogP contribution in [0.1, 0.15) is 49.0 Å². The fourth-order valence-corrected chi connectivity index (χ4v) is 4.54. The van der Waals surface area contributed by atoms with Gasteiger partial charge < -0.3 is 15.2 Å². The van der Waals surface area contributed by atoms with E-state index in [4.69, 9.17) is 9.84 Å². The van der Waals surface area contributed by atoms with Crippen molar-refractivity contribution in [2.24, 2.45) is 0 Å². The van der Waals surface area contributed by atoms with E-state index in [0.717, 1.165) is 27.5 Å². The van der Waals surface area contributed by atoms with Crippen molar-refractivity contribution in [3.63, 3.8) is 0 Å². The lowest BCUT2D eigenvalue weighted by Gasteiger charge is -2.23. The molecule has 4 nitrogen and oxygen atoms in total. The summed E-state index contributed by atoms with van der Waals surface area (Å²) < 4.78 is 33.8. The first-order chi connectivity index (χ1) is 17.2. The molecule has 0 amide bonds. The zero-order chi connectivity index (χ0) is 25.8. The molecule has 0 heterocycles. The molecule has 37 heavy (non-hydrogen) atoms. The van der Waals surface area contributed by atoms with E-state index < -0.39 is 11.8 Å². The summed E-state index contributed by atoms with van der Waals surface area (Å²) in [6, 6.07) is 21.2. The Morgan fingerprint density at radius 1 is 0.919 bits per heavy atom. The maximum absolute atomic E-state index is 14.6. The average Bonchev–Trinajstić information content (AvgIpc) is 2.86. The van der Waals surface area contributed by atoms with Crippen molar-refractivity contribution >= 4 is 29.1 Å². The molecule has 0 radical (unpaired) electrons. The number of benzene rings is 4. The third-order valence-corrected chi connectivity index (χ3v) is 6.41. The standard InChI is InChI=1S/C30H29F2NO3.ClH/c1-18(33-19(2)23-13-26(32)17-27(15-23)36-3)22-12-21-6-4-5-7-28(21)29(16-22)24-10-20(8-9-30(34)35)11-25(31)14-24;/h4-7,10-19,33H,8-9H2,1-3H3,(H,34,35);1H/t18?,19-;/m1./s1. The van der Waals surface area contributed by atoms with Gasteiger partial charge in [-0.1, -0.05) is 30.3 Å². The van der Waals surface area contributed by atoms with Crippen molar-refractivity contribution in [3.8, 4) is 16.9 Å². The van der Waals surface area contributed by atoms with E-state index in [0.29, 0.717) is 16.9 Å². The van der Waals surface area contributed by atoms with Gasteiger partial charge in [0.05, 0.1) is 7.11 Å². The minimum absolute atomic E-state index is 0. The van der Waals surface area contributed by atoms with Gasteiger partial charge in [-0.25, -0.2) is 8.78 Å². The minimum atomic E-state index is -0.918. The van der Waals surface area contributed by atoms with Crippen molar-refractivity contribution in [3.05, 3.63) is 101 Å². The molecule has 4 rings (SSSR count). The molecule has 194 valence electrons. The maximum atomic E-state index is 14.6. The lowest BCUT2D eigenvalue weighted by Crippen LogP contribution is -2.22. The summed E-state index contributed by atoms with van der Waals surface area (Å²) in [5, 5.41) is 14.6. The lowest BCUT2D eigenvalue weighted by molar-refractivity contribution is -0.136. The smallest absolute Gasteiger partial charge is 0.303 e. The Hall–Kier alpha value is -3.48. The second-order valence-electron chi connectivity index (χ2n) is 9.07. The van der Waals surface area contributed by atoms with Crippen molar-refractivity contribution in [2.45, 2.75) is 38.8 Å². The Morgan fingerprint density at radius 2 is 1.59 bits per heavy atom. The van der Waals surface area contributed by atoms with Gasteiger partial charge in [0.1, 0.15) is 17.4 Å². The van der Waals surface area contributed by atoms with Gasteiger partial charge in [0.15, 0.2) is 0 Å². The van der Waals surface area contributed by atoms with E-state index in [1.165, 1.54) is 31.4 Å². The van der Waals surface area contributed by atoms with Crippen LogP contribution >= 0.6 is 12.4 Å². The number of halogens is 3. The van der Waals surface area contributed by atoms with Crippen LogP contribution < -0.4 is 10.1 Å². The number of aryl methyl sites for hydroxylation is 1. The van der Waals surface area contributed by atoms with Crippen LogP contribution in [-0.4, -0.2) is 18.2 Å². The van der Waals surface area contributed by atoms with Crippen molar-refractivity contribution in [2.75, 3.05) is 7.11 Å². The van der Waals surface area contributed by atoms with Crippen LogP contribution in [0.3, 0.4) is 0 Å². The van der Waals surface area contributed by atoms with Gasteiger partial charge in [-0.3, -0.25) is 4.79 Å². The molecule has 0 aliphatic heterocycles. The number of hydrogen-bond donors (Lipinski definition) is 2. The van der Waals surface area contributed by atoms with Crippen LogP contribution in [-0.2, 0) is 11.2 Å². The maximum Gasteiger partial charge on any atom is 0.303 e. The zero-order valence-electron chi connectivity index (χ0n) is 20.9. The van der Waals surface area contributed by atoms with Crippen LogP contribution in [0.5, 0.6) is 5.75 Å². The predicted octanol–water partition coefficient (Wildman–Crippen LogP) is 7.64. The van der Waals surface area contributed by atoms with E-state index in [1.54, 1.807) is 0 Å². The number of carboxylic acid groups (broad SMARTS) is 1. The Labute approximate surface area is 221 Å². The molecule has 7 heteroatoms. The number of carboxylic acids is 1. The number of fused-ring (bicyclic) bond motifs is 1. The summed E-state index contributed by atoms with van der Waals surface area (Å²) in [5.41, 5.74) is 3.97. The van der Waals surface area contributed by atoms with E-state index in [9.17, 15) is 13.6 Å². The molecule has 0 saturated carbocycles. The van der Waals surface area contributed by atoms with E-state index in [-0.39, 0.29) is 43.1 Å². The molecule has 0 aliphatic carbocycles. The van der Waals surface area contributed by atoms with Crippen LogP contribution in [0.4, 0.5) is 8.78 Å². The predicted molar refractivity (Wildman–Crippen MR) is 145 cm³/mol. The Bertz CT molecular complexity index is 1410. The van der Waals surface area contributed by atoms with Crippen LogP contribution in [0.2, 0.25) is 0 Å². The van der Waals surface area contributed by atoms with Gasteiger partial charge in [-0.05, 0) is 95.3 Å². The first-order valence-electron chi connectivity index (χ1n) is 11.9. The third kappa shape index (κ3) is 6.85. The SMILES string of the molecule is COc1cc(F)cc([C@@H](C)NC(C)c2cc(-c3cc(F)cc(CCC(=O)O)c3)c3ccccc3c2)c1.Cl. The van der Waals surface area contributed by atoms with Crippen molar-refractivity contribution in [1.29, 1.82) is 0 Å². The summed E-state index contributed by atoms with van der Waals surface area (Å²) in [5.74, 6) is -1.21. The molecule has 0 aliphatic rings. The monoisotopic (exact) mass is 525 g/mol. The van der Waals surface area contributed by atoms with E-state index >= 15 is 0 Å². The summed E-state index contributed by atoms with van der Waals surface area (Å²) in [4.78, 5) is 11.0. The summed E-state index contributed by atoms with van der Waals surface area (Å²) in [6.45, 7) is 4.00. The number of rotatable bonds is 9. The second-order valence-corrected chi connectivity index (χ2v) is 9.07. The summed E-state index contributed by atoms with van der Waals surface area (Å²) in [7, 11) is 1.51. The molecule has 2 N–H and O–H groups in total. The number of hydrogen-bond acceptors (Lipinski definition) is 3. The van der Waals surface area contributed by atoms with Crippen LogP contribution in [0.15, 0.2) is 72.8 Å². The summed E-state index contributed by atoms with van der Waals surface area (Å²) in [6.07, 6.45) is 0.192. The van der Waals surface area contributed by atoms with Crippen molar-refractivity contribution < 1.29 is 23.4 Å². The first-order valence-corrected chi connectivity index (χ1v) is 11.9. The largest absolute Gasteiger partial charge is 0.497 e. The fourth-order valence-electron chi connectivity index (χ4n) is 4.54. The zero-order valence-corrected chi connectivity index (χ0v) is 21.7. The average molecular weight is 526 g/mol. The molecule has 0 bridgehead atoms. The molecule has 1 unspecified atom stereocenters. The van der Waals surface area contributed by atoms with Gasteiger partial charge >= 0.3 is 5.97 Å². The number of ether oxygens (including phenoxy) is 1. The highest BCUT2D eigenvalue weighted by Crippen LogP contribution is 2.34. The fraction of sp³-hybridized carbons (Fsp3) is 0.233. The highest BCUT2D eigenvalue weighted by molar-refractivity contribution is 5.97. The number of carbonyl (C=O) groups is 1. The normalized spacial score (nSPS) is 12.6. The van der Waals surface area contributed by atoms with Crippen molar-refractivity contribution in [1.82, 2.24) is 5.32 Å². The molecule has 2 atom stereocenters. The molecular weight excluding hydrogens is 496 g/mol. The minimum Gasteiger partial charge on any atom is -0.497 e. The highest BCUT2D eigenvalue weighted by atomic mass is 35.5. The highest BCUT2D eigenvalue weighted by Gasteiger charge is 2.16. The van der Waals surface area contributed by atoms with E-state index in [1.807, 2.05) is 56.3 Å². The quantitative estimate of drug-likeness (QED) is 0.236. The van der Waals surface area contributed by atoms with Gasteiger partial charge in [0.25, 0.3) is 0 Å². The van der Waals surface area contributed by atoms with Crippen LogP contribution in [0, 0.1) is 11.6 Å². The molecular formula is C30H30ClF2NO3. The van der Waals surface area contributed by atoms with Gasteiger partial charge in [-0.2, -0.15) is 0 Å². The molecule has 0 fully saturated rings. The molecule has 4 aromatic rings. The van der Waals surface area contributed by atoms with Gasteiger partial charge in [0, 0.05) is 24.6 Å².